The van der Waals surface area contributed by atoms with Crippen LogP contribution in [0.2, 0.25) is 0 Å². The molecule has 1 heterocycles. The minimum atomic E-state index is -1.22. The number of carbonyl (C=O) groups is 2. The van der Waals surface area contributed by atoms with Crippen LogP contribution in [0.15, 0.2) is 0 Å². The third-order valence-electron chi connectivity index (χ3n) is 3.32. The van der Waals surface area contributed by atoms with E-state index >= 15 is 0 Å². The summed E-state index contributed by atoms with van der Waals surface area (Å²) in [5.41, 5.74) is 5.77. The topological polar surface area (TPSA) is 104 Å². The molecule has 0 aromatic heterocycles. The first-order valence-corrected chi connectivity index (χ1v) is 6.09. The van der Waals surface area contributed by atoms with Gasteiger partial charge in [-0.25, -0.2) is 0 Å². The number of aliphatic hydroxyl groups is 1. The number of rotatable bonds is 5. The molecule has 1 aliphatic heterocycles. The lowest BCUT2D eigenvalue weighted by Gasteiger charge is -2.20. The van der Waals surface area contributed by atoms with Crippen LogP contribution in [0, 0.1) is 5.92 Å². The molecular weight excluding hydrogens is 258 g/mol. The Hall–Kier alpha value is -0.850. The standard InChI is InChI=1S/C11H19N3O3.ClH/c12-8(5-6-3-4-13-10(6)16)9(15)11(17)14-7-1-2-7;/h6-9,15H,1-5,12H2,(H,13,16)(H,14,17);1H/t6?,8-,9?;/m0./s1. The van der Waals surface area contributed by atoms with E-state index in [-0.39, 0.29) is 30.3 Å². The Morgan fingerprint density at radius 1 is 1.50 bits per heavy atom. The zero-order valence-corrected chi connectivity index (χ0v) is 10.9. The van der Waals surface area contributed by atoms with Crippen molar-refractivity contribution in [2.45, 2.75) is 43.9 Å². The second-order valence-corrected chi connectivity index (χ2v) is 4.90. The minimum absolute atomic E-state index is 0. The predicted molar refractivity (Wildman–Crippen MR) is 68.1 cm³/mol. The smallest absolute Gasteiger partial charge is 0.250 e. The van der Waals surface area contributed by atoms with Gasteiger partial charge in [0, 0.05) is 24.5 Å². The average molecular weight is 278 g/mol. The average Bonchev–Trinajstić information content (AvgIpc) is 3.02. The monoisotopic (exact) mass is 277 g/mol. The van der Waals surface area contributed by atoms with Gasteiger partial charge in [-0.3, -0.25) is 9.59 Å². The summed E-state index contributed by atoms with van der Waals surface area (Å²) in [5.74, 6) is -0.623. The van der Waals surface area contributed by atoms with Crippen LogP contribution in [0.4, 0.5) is 0 Å². The van der Waals surface area contributed by atoms with Gasteiger partial charge in [-0.05, 0) is 25.7 Å². The van der Waals surface area contributed by atoms with Crippen LogP contribution in [-0.4, -0.2) is 41.7 Å². The molecule has 0 radical (unpaired) electrons. The Morgan fingerprint density at radius 3 is 2.67 bits per heavy atom. The second kappa shape index (κ2) is 6.36. The fourth-order valence-electron chi connectivity index (χ4n) is 2.04. The van der Waals surface area contributed by atoms with Crippen LogP contribution in [0.1, 0.15) is 25.7 Å². The van der Waals surface area contributed by atoms with Crippen LogP contribution in [0.5, 0.6) is 0 Å². The van der Waals surface area contributed by atoms with Crippen LogP contribution in [0.3, 0.4) is 0 Å². The van der Waals surface area contributed by atoms with Gasteiger partial charge in [-0.2, -0.15) is 0 Å². The fourth-order valence-corrected chi connectivity index (χ4v) is 2.04. The van der Waals surface area contributed by atoms with Crippen molar-refractivity contribution in [1.82, 2.24) is 10.6 Å². The van der Waals surface area contributed by atoms with E-state index in [4.69, 9.17) is 5.73 Å². The molecule has 2 rings (SSSR count). The second-order valence-electron chi connectivity index (χ2n) is 4.90. The highest BCUT2D eigenvalue weighted by molar-refractivity contribution is 5.85. The van der Waals surface area contributed by atoms with E-state index < -0.39 is 18.1 Å². The number of carbonyl (C=O) groups excluding carboxylic acids is 2. The number of halogens is 1. The van der Waals surface area contributed by atoms with Gasteiger partial charge in [0.1, 0.15) is 6.10 Å². The fraction of sp³-hybridized carbons (Fsp3) is 0.818. The molecule has 5 N–H and O–H groups in total. The maximum atomic E-state index is 11.5. The summed E-state index contributed by atoms with van der Waals surface area (Å²) in [7, 11) is 0. The van der Waals surface area contributed by atoms with Crippen molar-refractivity contribution < 1.29 is 14.7 Å². The van der Waals surface area contributed by atoms with Gasteiger partial charge in [-0.15, -0.1) is 12.4 Å². The Labute approximate surface area is 112 Å². The van der Waals surface area contributed by atoms with Gasteiger partial charge < -0.3 is 21.5 Å². The lowest BCUT2D eigenvalue weighted by atomic mass is 9.95. The Balaban J connectivity index is 0.00000162. The molecule has 0 bridgehead atoms. The van der Waals surface area contributed by atoms with Crippen LogP contribution in [-0.2, 0) is 9.59 Å². The lowest BCUT2D eigenvalue weighted by molar-refractivity contribution is -0.131. The van der Waals surface area contributed by atoms with Crippen molar-refractivity contribution in [3.05, 3.63) is 0 Å². The maximum Gasteiger partial charge on any atom is 0.250 e. The summed E-state index contributed by atoms with van der Waals surface area (Å²) in [6.07, 6.45) is 1.80. The SMILES string of the molecule is Cl.N[C@@H](CC1CCNC1=O)C(O)C(=O)NC1CC1. The molecule has 2 aliphatic rings. The van der Waals surface area contributed by atoms with Gasteiger partial charge in [-0.1, -0.05) is 0 Å². The maximum absolute atomic E-state index is 11.5. The van der Waals surface area contributed by atoms with E-state index in [9.17, 15) is 14.7 Å². The molecule has 1 saturated heterocycles. The summed E-state index contributed by atoms with van der Waals surface area (Å²) >= 11 is 0. The molecular formula is C11H20ClN3O3. The molecule has 0 spiro atoms. The Kier molecular flexibility index (Phi) is 5.37. The predicted octanol–water partition coefficient (Wildman–Crippen LogP) is -1.10. The quantitative estimate of drug-likeness (QED) is 0.512. The zero-order valence-electron chi connectivity index (χ0n) is 10.1. The van der Waals surface area contributed by atoms with Crippen LogP contribution in [0.25, 0.3) is 0 Å². The van der Waals surface area contributed by atoms with Crippen molar-refractivity contribution in [1.29, 1.82) is 0 Å². The first-order chi connectivity index (χ1) is 8.08. The van der Waals surface area contributed by atoms with E-state index in [0.29, 0.717) is 13.0 Å². The zero-order chi connectivity index (χ0) is 12.4. The van der Waals surface area contributed by atoms with Crippen molar-refractivity contribution in [2.75, 3.05) is 6.54 Å². The number of nitrogens with two attached hydrogens (primary N) is 1. The summed E-state index contributed by atoms with van der Waals surface area (Å²) in [5, 5.41) is 15.2. The van der Waals surface area contributed by atoms with E-state index in [1.165, 1.54) is 0 Å². The molecule has 2 unspecified atom stereocenters. The summed E-state index contributed by atoms with van der Waals surface area (Å²) < 4.78 is 0. The summed E-state index contributed by atoms with van der Waals surface area (Å²) in [4.78, 5) is 22.9. The number of amides is 2. The van der Waals surface area contributed by atoms with Gasteiger partial charge in [0.15, 0.2) is 0 Å². The third kappa shape index (κ3) is 3.83. The molecule has 6 nitrogen and oxygen atoms in total. The molecule has 104 valence electrons. The van der Waals surface area contributed by atoms with E-state index in [1.54, 1.807) is 0 Å². The van der Waals surface area contributed by atoms with Gasteiger partial charge in [0.05, 0.1) is 0 Å². The van der Waals surface area contributed by atoms with Gasteiger partial charge in [0.2, 0.25) is 5.91 Å². The highest BCUT2D eigenvalue weighted by Gasteiger charge is 2.33. The first kappa shape index (κ1) is 15.2. The molecule has 2 fully saturated rings. The Bertz CT molecular complexity index is 323. The van der Waals surface area contributed by atoms with Gasteiger partial charge >= 0.3 is 0 Å². The number of nitrogens with one attached hydrogen (secondary N) is 2. The van der Waals surface area contributed by atoms with Crippen molar-refractivity contribution in [2.24, 2.45) is 11.7 Å². The van der Waals surface area contributed by atoms with E-state index in [0.717, 1.165) is 19.3 Å². The van der Waals surface area contributed by atoms with Crippen LogP contribution >= 0.6 is 12.4 Å². The number of hydrogen-bond donors (Lipinski definition) is 4. The van der Waals surface area contributed by atoms with Crippen molar-refractivity contribution in [3.63, 3.8) is 0 Å². The van der Waals surface area contributed by atoms with Gasteiger partial charge in [0.25, 0.3) is 5.91 Å². The normalized spacial score (nSPS) is 25.9. The highest BCUT2D eigenvalue weighted by Crippen LogP contribution is 2.20. The minimum Gasteiger partial charge on any atom is -0.382 e. The molecule has 18 heavy (non-hydrogen) atoms. The highest BCUT2D eigenvalue weighted by atomic mass is 35.5. The van der Waals surface area contributed by atoms with Crippen LogP contribution < -0.4 is 16.4 Å². The number of aliphatic hydroxyl groups excluding tert-OH is 1. The molecule has 7 heteroatoms. The van der Waals surface area contributed by atoms with E-state index in [1.807, 2.05) is 0 Å². The first-order valence-electron chi connectivity index (χ1n) is 6.09. The summed E-state index contributed by atoms with van der Waals surface area (Å²) in [6.45, 7) is 0.653. The third-order valence-corrected chi connectivity index (χ3v) is 3.32. The molecule has 1 aliphatic carbocycles. The number of hydrogen-bond acceptors (Lipinski definition) is 4. The van der Waals surface area contributed by atoms with Crippen molar-refractivity contribution in [3.8, 4) is 0 Å². The molecule has 3 atom stereocenters. The molecule has 2 amide bonds. The Morgan fingerprint density at radius 2 is 2.17 bits per heavy atom. The molecule has 0 aromatic rings. The molecule has 1 saturated carbocycles. The van der Waals surface area contributed by atoms with E-state index in [2.05, 4.69) is 10.6 Å². The molecule has 0 aromatic carbocycles. The van der Waals surface area contributed by atoms with Crippen molar-refractivity contribution >= 4 is 24.2 Å². The lowest BCUT2D eigenvalue weighted by Crippen LogP contribution is -2.48. The summed E-state index contributed by atoms with van der Waals surface area (Å²) in [6, 6.07) is -0.471. The largest absolute Gasteiger partial charge is 0.382 e.